The molecule has 0 aromatic rings. The standard InChI is InChI=1S/C20H41N3O2/c1-6-11-12-13-14-15-16-21(17-19(24)22(7-2)8-3)18-20(25)23(9-4)10-5/h6-18H2,1-5H3. The molecule has 5 nitrogen and oxygen atoms in total. The monoisotopic (exact) mass is 355 g/mol. The van der Waals surface area contributed by atoms with Crippen LogP contribution in [0.15, 0.2) is 0 Å². The van der Waals surface area contributed by atoms with E-state index in [-0.39, 0.29) is 11.8 Å². The minimum absolute atomic E-state index is 0.128. The summed E-state index contributed by atoms with van der Waals surface area (Å²) in [4.78, 5) is 30.6. The molecule has 0 saturated heterocycles. The highest BCUT2D eigenvalue weighted by Gasteiger charge is 2.19. The molecule has 5 heteroatoms. The van der Waals surface area contributed by atoms with E-state index in [1.54, 1.807) is 0 Å². The van der Waals surface area contributed by atoms with Crippen LogP contribution in [0, 0.1) is 0 Å². The van der Waals surface area contributed by atoms with E-state index in [9.17, 15) is 9.59 Å². The summed E-state index contributed by atoms with van der Waals surface area (Å²) >= 11 is 0. The Morgan fingerprint density at radius 1 is 0.600 bits per heavy atom. The normalized spacial score (nSPS) is 11.0. The Balaban J connectivity index is 4.58. The number of hydrogen-bond donors (Lipinski definition) is 0. The van der Waals surface area contributed by atoms with Crippen LogP contribution >= 0.6 is 0 Å². The Hall–Kier alpha value is -1.10. The Kier molecular flexibility index (Phi) is 14.5. The van der Waals surface area contributed by atoms with Crippen molar-refractivity contribution in [2.45, 2.75) is 73.1 Å². The first-order valence-corrected chi connectivity index (χ1v) is 10.3. The molecule has 0 aromatic carbocycles. The molecule has 0 atom stereocenters. The first-order chi connectivity index (χ1) is 12.0. The van der Waals surface area contributed by atoms with Gasteiger partial charge in [0.25, 0.3) is 0 Å². The minimum atomic E-state index is 0.128. The lowest BCUT2D eigenvalue weighted by molar-refractivity contribution is -0.135. The van der Waals surface area contributed by atoms with Gasteiger partial charge in [-0.05, 0) is 40.7 Å². The van der Waals surface area contributed by atoms with Gasteiger partial charge in [0.2, 0.25) is 11.8 Å². The molecule has 0 heterocycles. The number of hydrogen-bond acceptors (Lipinski definition) is 3. The van der Waals surface area contributed by atoms with Gasteiger partial charge in [-0.15, -0.1) is 0 Å². The zero-order chi connectivity index (χ0) is 19.1. The molecule has 0 bridgehead atoms. The summed E-state index contributed by atoms with van der Waals surface area (Å²) in [5, 5.41) is 0. The lowest BCUT2D eigenvalue weighted by atomic mass is 10.1. The van der Waals surface area contributed by atoms with Crippen LogP contribution < -0.4 is 0 Å². The van der Waals surface area contributed by atoms with Crippen molar-refractivity contribution in [3.05, 3.63) is 0 Å². The van der Waals surface area contributed by atoms with E-state index < -0.39 is 0 Å². The zero-order valence-electron chi connectivity index (χ0n) is 17.4. The van der Waals surface area contributed by atoms with Gasteiger partial charge >= 0.3 is 0 Å². The lowest BCUT2D eigenvalue weighted by Gasteiger charge is -2.28. The molecular formula is C20H41N3O2. The van der Waals surface area contributed by atoms with Crippen LogP contribution in [0.2, 0.25) is 0 Å². The van der Waals surface area contributed by atoms with E-state index in [0.717, 1.165) is 39.1 Å². The van der Waals surface area contributed by atoms with Gasteiger partial charge in [0, 0.05) is 26.2 Å². The molecule has 0 spiro atoms. The van der Waals surface area contributed by atoms with Crippen molar-refractivity contribution in [3.63, 3.8) is 0 Å². The highest BCUT2D eigenvalue weighted by Crippen LogP contribution is 2.07. The second-order valence-electron chi connectivity index (χ2n) is 6.61. The second kappa shape index (κ2) is 15.2. The quantitative estimate of drug-likeness (QED) is 0.423. The maximum atomic E-state index is 12.4. The Labute approximate surface area is 155 Å². The topological polar surface area (TPSA) is 43.9 Å². The van der Waals surface area contributed by atoms with Crippen LogP contribution in [0.3, 0.4) is 0 Å². The molecule has 0 fully saturated rings. The molecule has 0 aliphatic rings. The summed E-state index contributed by atoms with van der Waals surface area (Å²) in [7, 11) is 0. The summed E-state index contributed by atoms with van der Waals surface area (Å²) in [6.45, 7) is 14.7. The van der Waals surface area contributed by atoms with Gasteiger partial charge in [0.05, 0.1) is 13.1 Å². The van der Waals surface area contributed by atoms with Gasteiger partial charge in [-0.25, -0.2) is 0 Å². The van der Waals surface area contributed by atoms with Gasteiger partial charge in [-0.3, -0.25) is 14.5 Å². The number of nitrogens with zero attached hydrogens (tertiary/aromatic N) is 3. The molecule has 148 valence electrons. The average molecular weight is 356 g/mol. The lowest BCUT2D eigenvalue weighted by Crippen LogP contribution is -2.45. The van der Waals surface area contributed by atoms with Crippen molar-refractivity contribution in [1.82, 2.24) is 14.7 Å². The Bertz CT molecular complexity index is 327. The van der Waals surface area contributed by atoms with Crippen molar-refractivity contribution in [1.29, 1.82) is 0 Å². The van der Waals surface area contributed by atoms with Gasteiger partial charge in [0.1, 0.15) is 0 Å². The fourth-order valence-corrected chi connectivity index (χ4v) is 3.06. The third-order valence-electron chi connectivity index (χ3n) is 4.78. The number of rotatable bonds is 15. The maximum absolute atomic E-state index is 12.4. The van der Waals surface area contributed by atoms with E-state index >= 15 is 0 Å². The Morgan fingerprint density at radius 3 is 1.40 bits per heavy atom. The van der Waals surface area contributed by atoms with Crippen molar-refractivity contribution in [2.24, 2.45) is 0 Å². The molecule has 0 unspecified atom stereocenters. The molecule has 0 radical (unpaired) electrons. The summed E-state index contributed by atoms with van der Waals surface area (Å²) < 4.78 is 0. The first kappa shape index (κ1) is 23.9. The number of carbonyl (C=O) groups is 2. The van der Waals surface area contributed by atoms with Gasteiger partial charge in [-0.2, -0.15) is 0 Å². The van der Waals surface area contributed by atoms with Crippen molar-refractivity contribution in [2.75, 3.05) is 45.8 Å². The molecular weight excluding hydrogens is 314 g/mol. The third kappa shape index (κ3) is 10.5. The summed E-state index contributed by atoms with van der Waals surface area (Å²) in [6, 6.07) is 0. The fraction of sp³-hybridized carbons (Fsp3) is 0.900. The largest absolute Gasteiger partial charge is 0.342 e. The van der Waals surface area contributed by atoms with Crippen LogP contribution in [0.5, 0.6) is 0 Å². The van der Waals surface area contributed by atoms with Crippen LogP contribution in [0.25, 0.3) is 0 Å². The van der Waals surface area contributed by atoms with E-state index in [1.807, 2.05) is 42.4 Å². The van der Waals surface area contributed by atoms with Crippen LogP contribution in [0.4, 0.5) is 0 Å². The highest BCUT2D eigenvalue weighted by molar-refractivity contribution is 5.81. The molecule has 0 aromatic heterocycles. The predicted molar refractivity (Wildman–Crippen MR) is 106 cm³/mol. The van der Waals surface area contributed by atoms with E-state index in [0.29, 0.717) is 13.1 Å². The van der Waals surface area contributed by atoms with Crippen LogP contribution in [-0.2, 0) is 9.59 Å². The van der Waals surface area contributed by atoms with Crippen molar-refractivity contribution < 1.29 is 9.59 Å². The Morgan fingerprint density at radius 2 is 1.00 bits per heavy atom. The SMILES string of the molecule is CCCCCCCCN(CC(=O)N(CC)CC)CC(=O)N(CC)CC. The van der Waals surface area contributed by atoms with Crippen molar-refractivity contribution in [3.8, 4) is 0 Å². The smallest absolute Gasteiger partial charge is 0.236 e. The summed E-state index contributed by atoms with van der Waals surface area (Å²) in [5.74, 6) is 0.256. The predicted octanol–water partition coefficient (Wildman–Crippen LogP) is 3.39. The van der Waals surface area contributed by atoms with Gasteiger partial charge in [0.15, 0.2) is 0 Å². The first-order valence-electron chi connectivity index (χ1n) is 10.3. The highest BCUT2D eigenvalue weighted by atomic mass is 16.2. The molecule has 2 amide bonds. The molecule has 0 aliphatic heterocycles. The second-order valence-corrected chi connectivity index (χ2v) is 6.61. The number of amides is 2. The van der Waals surface area contributed by atoms with E-state index in [4.69, 9.17) is 0 Å². The number of unbranched alkanes of at least 4 members (excludes halogenated alkanes) is 5. The zero-order valence-corrected chi connectivity index (χ0v) is 17.4. The van der Waals surface area contributed by atoms with E-state index in [2.05, 4.69) is 6.92 Å². The summed E-state index contributed by atoms with van der Waals surface area (Å²) in [5.41, 5.74) is 0. The molecule has 0 aliphatic carbocycles. The summed E-state index contributed by atoms with van der Waals surface area (Å²) in [6.07, 6.45) is 7.31. The van der Waals surface area contributed by atoms with Crippen LogP contribution in [0.1, 0.15) is 73.1 Å². The molecule has 25 heavy (non-hydrogen) atoms. The molecule has 0 rings (SSSR count). The molecule has 0 saturated carbocycles. The van der Waals surface area contributed by atoms with Gasteiger partial charge in [-0.1, -0.05) is 39.0 Å². The van der Waals surface area contributed by atoms with Gasteiger partial charge < -0.3 is 9.80 Å². The van der Waals surface area contributed by atoms with Crippen LogP contribution in [-0.4, -0.2) is 72.3 Å². The average Bonchev–Trinajstić information content (AvgIpc) is 2.60. The molecule has 0 N–H and O–H groups in total. The number of carbonyl (C=O) groups excluding carboxylic acids is 2. The maximum Gasteiger partial charge on any atom is 0.236 e. The fourth-order valence-electron chi connectivity index (χ4n) is 3.06. The van der Waals surface area contributed by atoms with Crippen molar-refractivity contribution >= 4 is 11.8 Å². The third-order valence-corrected chi connectivity index (χ3v) is 4.78. The minimum Gasteiger partial charge on any atom is -0.342 e. The number of likely N-dealkylation sites (N-methyl/N-ethyl adjacent to an activating group) is 2. The van der Waals surface area contributed by atoms with E-state index in [1.165, 1.54) is 32.1 Å².